The number of nitrogens with zero attached hydrogens (tertiary/aromatic N) is 4. The van der Waals surface area contributed by atoms with Crippen molar-refractivity contribution in [2.75, 3.05) is 18.0 Å². The minimum atomic E-state index is -0.0689. The van der Waals surface area contributed by atoms with Crippen LogP contribution < -0.4 is 10.2 Å². The van der Waals surface area contributed by atoms with Crippen molar-refractivity contribution in [2.24, 2.45) is 11.8 Å². The van der Waals surface area contributed by atoms with Crippen molar-refractivity contribution in [1.29, 1.82) is 0 Å². The van der Waals surface area contributed by atoms with Gasteiger partial charge in [-0.05, 0) is 37.3 Å². The highest BCUT2D eigenvalue weighted by molar-refractivity contribution is 5.88. The molecule has 0 bridgehead atoms. The molecule has 3 aromatic rings. The molecule has 1 aliphatic rings. The predicted octanol–water partition coefficient (Wildman–Crippen LogP) is 3.25. The molecular formula is C21H27N5O3. The lowest BCUT2D eigenvalue weighted by molar-refractivity contribution is -0.121. The second kappa shape index (κ2) is 8.23. The summed E-state index contributed by atoms with van der Waals surface area (Å²) in [5.74, 6) is 3.32. The number of rotatable bonds is 6. The van der Waals surface area contributed by atoms with Crippen molar-refractivity contribution in [3.63, 3.8) is 0 Å². The first-order valence-electron chi connectivity index (χ1n) is 10.2. The van der Waals surface area contributed by atoms with Gasteiger partial charge in [-0.2, -0.15) is 4.98 Å². The molecule has 0 radical (unpaired) electrons. The molecule has 8 nitrogen and oxygen atoms in total. The molecule has 0 aromatic carbocycles. The molecule has 0 saturated carbocycles. The average molecular weight is 397 g/mol. The molecule has 1 saturated heterocycles. The fourth-order valence-corrected chi connectivity index (χ4v) is 4.10. The third-order valence-corrected chi connectivity index (χ3v) is 5.32. The van der Waals surface area contributed by atoms with Crippen molar-refractivity contribution < 1.29 is 13.7 Å². The van der Waals surface area contributed by atoms with Crippen molar-refractivity contribution in [1.82, 2.24) is 20.4 Å². The largest absolute Gasteiger partial charge is 0.467 e. The van der Waals surface area contributed by atoms with Gasteiger partial charge in [-0.1, -0.05) is 19.0 Å². The van der Waals surface area contributed by atoms with Gasteiger partial charge in [0.2, 0.25) is 5.91 Å². The van der Waals surface area contributed by atoms with Gasteiger partial charge in [0.1, 0.15) is 22.8 Å². The Morgan fingerprint density at radius 3 is 2.79 bits per heavy atom. The molecule has 0 spiro atoms. The number of fused-ring (bicyclic) bond motifs is 1. The first-order valence-corrected chi connectivity index (χ1v) is 10.2. The minimum absolute atomic E-state index is 0.0689. The number of hydrogen-bond donors (Lipinski definition) is 1. The van der Waals surface area contributed by atoms with Gasteiger partial charge >= 0.3 is 0 Å². The number of aryl methyl sites for hydroxylation is 2. The van der Waals surface area contributed by atoms with Crippen molar-refractivity contribution in [3.8, 4) is 0 Å². The van der Waals surface area contributed by atoms with Crippen LogP contribution in [0.4, 0.5) is 5.82 Å². The molecule has 4 heterocycles. The van der Waals surface area contributed by atoms with Gasteiger partial charge < -0.3 is 19.2 Å². The Morgan fingerprint density at radius 1 is 1.28 bits per heavy atom. The Bertz CT molecular complexity index is 972. The first kappa shape index (κ1) is 19.4. The Balaban J connectivity index is 1.50. The van der Waals surface area contributed by atoms with Crippen LogP contribution >= 0.6 is 0 Å². The van der Waals surface area contributed by atoms with Crippen LogP contribution in [-0.2, 0) is 17.8 Å². The SMILES string of the molecule is Cc1noc2nc(CCC(=O)NCc3ccco3)nc(N3C[C@H](C)C[C@@H](C)C3)c12. The van der Waals surface area contributed by atoms with Crippen LogP contribution in [0, 0.1) is 18.8 Å². The Hall–Kier alpha value is -2.90. The molecule has 1 amide bonds. The third-order valence-electron chi connectivity index (χ3n) is 5.32. The lowest BCUT2D eigenvalue weighted by Crippen LogP contribution is -2.39. The van der Waals surface area contributed by atoms with E-state index in [2.05, 4.69) is 34.2 Å². The highest BCUT2D eigenvalue weighted by atomic mass is 16.5. The maximum Gasteiger partial charge on any atom is 0.263 e. The normalized spacial score (nSPS) is 19.6. The number of aromatic nitrogens is 3. The lowest BCUT2D eigenvalue weighted by Gasteiger charge is -2.36. The van der Waals surface area contributed by atoms with E-state index >= 15 is 0 Å². The number of carbonyl (C=O) groups is 1. The second-order valence-corrected chi connectivity index (χ2v) is 8.12. The average Bonchev–Trinajstić information content (AvgIpc) is 3.33. The fraction of sp³-hybridized carbons (Fsp3) is 0.524. The number of carbonyl (C=O) groups excluding carboxylic acids is 1. The molecule has 1 fully saturated rings. The zero-order valence-electron chi connectivity index (χ0n) is 17.1. The molecule has 2 atom stereocenters. The summed E-state index contributed by atoms with van der Waals surface area (Å²) in [7, 11) is 0. The van der Waals surface area contributed by atoms with Gasteiger partial charge in [0.25, 0.3) is 5.71 Å². The molecule has 4 rings (SSSR count). The Kier molecular flexibility index (Phi) is 5.51. The highest BCUT2D eigenvalue weighted by Crippen LogP contribution is 2.31. The van der Waals surface area contributed by atoms with Gasteiger partial charge in [-0.15, -0.1) is 0 Å². The summed E-state index contributed by atoms with van der Waals surface area (Å²) in [5.41, 5.74) is 1.29. The third kappa shape index (κ3) is 4.41. The Morgan fingerprint density at radius 2 is 2.07 bits per heavy atom. The zero-order valence-corrected chi connectivity index (χ0v) is 17.1. The van der Waals surface area contributed by atoms with Crippen LogP contribution in [0.2, 0.25) is 0 Å². The summed E-state index contributed by atoms with van der Waals surface area (Å²) in [4.78, 5) is 23.8. The fourth-order valence-electron chi connectivity index (χ4n) is 4.10. The van der Waals surface area contributed by atoms with Crippen LogP contribution in [0.5, 0.6) is 0 Å². The van der Waals surface area contributed by atoms with E-state index in [1.165, 1.54) is 6.42 Å². The molecule has 8 heteroatoms. The molecule has 154 valence electrons. The number of nitrogens with one attached hydrogen (secondary N) is 1. The van der Waals surface area contributed by atoms with Crippen LogP contribution in [0.1, 0.15) is 44.0 Å². The number of amides is 1. The molecule has 0 unspecified atom stereocenters. The summed E-state index contributed by atoms with van der Waals surface area (Å²) in [6.45, 7) is 8.73. The van der Waals surface area contributed by atoms with Crippen molar-refractivity contribution in [2.45, 2.75) is 46.6 Å². The molecule has 1 aliphatic heterocycles. The topological polar surface area (TPSA) is 97.3 Å². The zero-order chi connectivity index (χ0) is 20.4. The standard InChI is InChI=1S/C21H27N5O3/c1-13-9-14(2)12-26(11-13)20-19-15(3)25-29-21(19)24-17(23-20)6-7-18(27)22-10-16-5-4-8-28-16/h4-5,8,13-14H,6-7,9-12H2,1-3H3,(H,22,27)/t13-,14-/m1/s1. The van der Waals surface area contributed by atoms with Gasteiger partial charge in [0.15, 0.2) is 0 Å². The molecule has 1 N–H and O–H groups in total. The van der Waals surface area contributed by atoms with Gasteiger partial charge in [0.05, 0.1) is 18.5 Å². The summed E-state index contributed by atoms with van der Waals surface area (Å²) in [6, 6.07) is 3.63. The van der Waals surface area contributed by atoms with E-state index in [0.717, 1.165) is 35.7 Å². The smallest absolute Gasteiger partial charge is 0.263 e. The lowest BCUT2D eigenvalue weighted by atomic mass is 9.92. The summed E-state index contributed by atoms with van der Waals surface area (Å²) in [6.07, 6.45) is 3.54. The van der Waals surface area contributed by atoms with E-state index in [4.69, 9.17) is 13.9 Å². The maximum absolute atomic E-state index is 12.2. The first-order chi connectivity index (χ1) is 14.0. The van der Waals surface area contributed by atoms with E-state index in [-0.39, 0.29) is 5.91 Å². The van der Waals surface area contributed by atoms with E-state index < -0.39 is 0 Å². The van der Waals surface area contributed by atoms with E-state index in [0.29, 0.717) is 42.8 Å². The van der Waals surface area contributed by atoms with Gasteiger partial charge in [-0.25, -0.2) is 4.98 Å². The van der Waals surface area contributed by atoms with Gasteiger partial charge in [-0.3, -0.25) is 4.79 Å². The van der Waals surface area contributed by atoms with Gasteiger partial charge in [0, 0.05) is 25.9 Å². The number of piperidine rings is 1. The minimum Gasteiger partial charge on any atom is -0.467 e. The summed E-state index contributed by atoms with van der Waals surface area (Å²) in [5, 5.41) is 7.81. The van der Waals surface area contributed by atoms with E-state index in [9.17, 15) is 4.79 Å². The maximum atomic E-state index is 12.2. The molecule has 0 aliphatic carbocycles. The molecular weight excluding hydrogens is 370 g/mol. The summed E-state index contributed by atoms with van der Waals surface area (Å²) < 4.78 is 10.7. The molecule has 3 aromatic heterocycles. The van der Waals surface area contributed by atoms with Crippen molar-refractivity contribution >= 4 is 22.8 Å². The highest BCUT2D eigenvalue weighted by Gasteiger charge is 2.27. The summed E-state index contributed by atoms with van der Waals surface area (Å²) >= 11 is 0. The number of anilines is 1. The van der Waals surface area contributed by atoms with Crippen LogP contribution in [-0.4, -0.2) is 34.1 Å². The van der Waals surface area contributed by atoms with Crippen LogP contribution in [0.3, 0.4) is 0 Å². The number of hydrogen-bond acceptors (Lipinski definition) is 7. The quantitative estimate of drug-likeness (QED) is 0.682. The van der Waals surface area contributed by atoms with Crippen LogP contribution in [0.25, 0.3) is 11.1 Å². The van der Waals surface area contributed by atoms with E-state index in [1.54, 1.807) is 12.3 Å². The predicted molar refractivity (Wildman–Crippen MR) is 108 cm³/mol. The number of furan rings is 1. The molecule has 29 heavy (non-hydrogen) atoms. The van der Waals surface area contributed by atoms with E-state index in [1.807, 2.05) is 13.0 Å². The van der Waals surface area contributed by atoms with Crippen molar-refractivity contribution in [3.05, 3.63) is 35.7 Å². The Labute approximate surface area is 169 Å². The second-order valence-electron chi connectivity index (χ2n) is 8.12. The van der Waals surface area contributed by atoms with Crippen LogP contribution in [0.15, 0.2) is 27.3 Å². The monoisotopic (exact) mass is 397 g/mol.